The maximum absolute atomic E-state index is 13.2. The third kappa shape index (κ3) is 8.96. The molecule has 1 unspecified atom stereocenters. The summed E-state index contributed by atoms with van der Waals surface area (Å²) in [6, 6.07) is 17.4. The van der Waals surface area contributed by atoms with Crippen LogP contribution in [0.5, 0.6) is 5.75 Å². The molecule has 62 heavy (non-hydrogen) atoms. The fourth-order valence-electron chi connectivity index (χ4n) is 8.49. The molecule has 4 aliphatic heterocycles. The van der Waals surface area contributed by atoms with E-state index >= 15 is 0 Å². The van der Waals surface area contributed by atoms with Gasteiger partial charge in [-0.1, -0.05) is 23.7 Å². The molecule has 0 radical (unpaired) electrons. The molecule has 17 nitrogen and oxygen atoms in total. The Balaban J connectivity index is 0.806. The van der Waals surface area contributed by atoms with Crippen molar-refractivity contribution >= 4 is 88.1 Å². The lowest BCUT2D eigenvalue weighted by Crippen LogP contribution is -2.55. The van der Waals surface area contributed by atoms with E-state index in [2.05, 4.69) is 41.0 Å². The number of halogens is 1. The number of carbonyl (C=O) groups is 5. The van der Waals surface area contributed by atoms with Crippen molar-refractivity contribution in [2.24, 2.45) is 0 Å². The van der Waals surface area contributed by atoms with Crippen LogP contribution in [0.1, 0.15) is 46.4 Å². The van der Waals surface area contributed by atoms with E-state index in [0.29, 0.717) is 64.0 Å². The Bertz CT molecular complexity index is 2480. The van der Waals surface area contributed by atoms with E-state index in [4.69, 9.17) is 16.3 Å². The second kappa shape index (κ2) is 17.8. The van der Waals surface area contributed by atoms with Crippen LogP contribution in [0.15, 0.2) is 66.9 Å². The average molecular weight is 883 g/mol. The highest BCUT2D eigenvalue weighted by Crippen LogP contribution is 2.39. The molecule has 324 valence electrons. The van der Waals surface area contributed by atoms with E-state index in [1.54, 1.807) is 26.5 Å². The first-order valence-corrected chi connectivity index (χ1v) is 23.5. The fourth-order valence-corrected chi connectivity index (χ4v) is 9.78. The molecule has 1 atom stereocenters. The van der Waals surface area contributed by atoms with Crippen LogP contribution in [0.3, 0.4) is 0 Å². The molecule has 19 heteroatoms. The number of fused-ring (bicyclic) bond motifs is 1. The summed E-state index contributed by atoms with van der Waals surface area (Å²) in [5.41, 5.74) is 3.25. The zero-order valence-corrected chi connectivity index (χ0v) is 36.3. The van der Waals surface area contributed by atoms with Crippen LogP contribution in [0, 0.1) is 0 Å². The van der Waals surface area contributed by atoms with Crippen molar-refractivity contribution in [2.75, 3.05) is 87.1 Å². The van der Waals surface area contributed by atoms with Crippen LogP contribution in [0.25, 0.3) is 0 Å². The fraction of sp³-hybridized carbons (Fsp3) is 0.372. The number of hydrogen-bond acceptors (Lipinski definition) is 14. The normalized spacial score (nSPS) is 18.7. The van der Waals surface area contributed by atoms with Crippen molar-refractivity contribution < 1.29 is 33.3 Å². The number of amides is 5. The van der Waals surface area contributed by atoms with Gasteiger partial charge in [0.25, 0.3) is 11.8 Å². The molecular formula is C43H48ClN10O7P. The van der Waals surface area contributed by atoms with Crippen molar-refractivity contribution in [1.82, 2.24) is 30.0 Å². The lowest BCUT2D eigenvalue weighted by Gasteiger charge is -2.43. The van der Waals surface area contributed by atoms with Gasteiger partial charge in [0.15, 0.2) is 5.82 Å². The Morgan fingerprint density at radius 3 is 2.35 bits per heavy atom. The van der Waals surface area contributed by atoms with Crippen LogP contribution in [-0.2, 0) is 18.9 Å². The molecule has 4 N–H and O–H groups in total. The van der Waals surface area contributed by atoms with Gasteiger partial charge >= 0.3 is 0 Å². The number of para-hydroxylation sites is 1. The van der Waals surface area contributed by atoms with Gasteiger partial charge in [-0.3, -0.25) is 39.1 Å². The number of carbonyl (C=O) groups excluding carboxylic acids is 5. The number of imide groups is 2. The standard InChI is InChI=1S/C43H48ClN10O7P/c1-61-35-23-28(9-11-32(35)48-43-46-24-31(44)39(50-43)47-33-6-4-5-7-36(33)62(2,3)60)51-16-14-27(15-17-51)52-18-20-53(21-19-52)38(56)25-45-26-8-10-29-30(22-26)42(59)54(41(29)58)34-12-13-37(55)49-40(34)57/h4-11,22-24,27,34,45H,12-21,25H2,1-3H3,(H,49,55,57)(H2,46,47,48,50). The molecule has 0 saturated carbocycles. The molecule has 3 aromatic carbocycles. The summed E-state index contributed by atoms with van der Waals surface area (Å²) < 4.78 is 18.7. The number of ether oxygens (including phenoxy) is 1. The molecule has 4 aromatic rings. The number of benzene rings is 3. The molecule has 3 fully saturated rings. The van der Waals surface area contributed by atoms with Gasteiger partial charge in [-0.2, -0.15) is 4.98 Å². The highest BCUT2D eigenvalue weighted by molar-refractivity contribution is 7.70. The first kappa shape index (κ1) is 42.7. The van der Waals surface area contributed by atoms with Crippen LogP contribution in [0.4, 0.5) is 34.5 Å². The van der Waals surface area contributed by atoms with Gasteiger partial charge in [0.2, 0.25) is 23.7 Å². The second-order valence-corrected chi connectivity index (χ2v) is 19.7. The molecule has 0 spiro atoms. The number of piperazine rings is 1. The van der Waals surface area contributed by atoms with E-state index in [1.165, 1.54) is 18.3 Å². The first-order chi connectivity index (χ1) is 29.8. The molecule has 8 rings (SSSR count). The summed E-state index contributed by atoms with van der Waals surface area (Å²) >= 11 is 6.47. The number of hydrogen-bond donors (Lipinski definition) is 4. The number of aromatic nitrogens is 2. The van der Waals surface area contributed by atoms with Crippen LogP contribution >= 0.6 is 18.7 Å². The summed E-state index contributed by atoms with van der Waals surface area (Å²) in [7, 11) is -0.946. The van der Waals surface area contributed by atoms with Gasteiger partial charge in [0, 0.05) is 74.5 Å². The number of methoxy groups -OCH3 is 1. The Kier molecular flexibility index (Phi) is 12.2. The van der Waals surface area contributed by atoms with E-state index in [1.807, 2.05) is 47.4 Å². The van der Waals surface area contributed by atoms with Crippen molar-refractivity contribution in [1.29, 1.82) is 0 Å². The van der Waals surface area contributed by atoms with E-state index in [9.17, 15) is 28.5 Å². The van der Waals surface area contributed by atoms with Gasteiger partial charge in [0.1, 0.15) is 24.0 Å². The Hall–Kier alpha value is -6.03. The van der Waals surface area contributed by atoms with Crippen LogP contribution in [-0.4, -0.2) is 133 Å². The average Bonchev–Trinajstić information content (AvgIpc) is 3.51. The minimum Gasteiger partial charge on any atom is -0.494 e. The molecular weight excluding hydrogens is 835 g/mol. The summed E-state index contributed by atoms with van der Waals surface area (Å²) in [4.78, 5) is 80.0. The lowest BCUT2D eigenvalue weighted by molar-refractivity contribution is -0.136. The monoisotopic (exact) mass is 882 g/mol. The third-order valence-corrected chi connectivity index (χ3v) is 13.6. The molecule has 4 aliphatic rings. The lowest BCUT2D eigenvalue weighted by atomic mass is 10.0. The van der Waals surface area contributed by atoms with E-state index in [0.717, 1.165) is 49.6 Å². The minimum absolute atomic E-state index is 0.0248. The summed E-state index contributed by atoms with van der Waals surface area (Å²) in [6.45, 7) is 7.93. The van der Waals surface area contributed by atoms with Gasteiger partial charge in [0.05, 0.1) is 42.4 Å². The summed E-state index contributed by atoms with van der Waals surface area (Å²) in [5, 5.41) is 12.8. The minimum atomic E-state index is -2.57. The summed E-state index contributed by atoms with van der Waals surface area (Å²) in [5.74, 6) is -1.00. The molecule has 1 aromatic heterocycles. The van der Waals surface area contributed by atoms with Crippen LogP contribution < -0.4 is 36.2 Å². The highest BCUT2D eigenvalue weighted by atomic mass is 35.5. The summed E-state index contributed by atoms with van der Waals surface area (Å²) in [6.07, 6.45) is 3.58. The highest BCUT2D eigenvalue weighted by Gasteiger charge is 2.44. The van der Waals surface area contributed by atoms with Crippen molar-refractivity contribution in [3.8, 4) is 5.75 Å². The Labute approximate surface area is 363 Å². The maximum Gasteiger partial charge on any atom is 0.262 e. The number of rotatable bonds is 12. The molecule has 3 saturated heterocycles. The number of piperidine rings is 2. The second-order valence-electron chi connectivity index (χ2n) is 16.1. The van der Waals surface area contributed by atoms with Gasteiger partial charge < -0.3 is 35.1 Å². The van der Waals surface area contributed by atoms with Crippen molar-refractivity contribution in [3.05, 3.63) is 83.0 Å². The topological polar surface area (TPSA) is 199 Å². The molecule has 0 aliphatic carbocycles. The number of nitrogens with one attached hydrogen (secondary N) is 4. The van der Waals surface area contributed by atoms with Gasteiger partial charge in [-0.15, -0.1) is 0 Å². The molecule has 5 heterocycles. The SMILES string of the molecule is COc1cc(N2CCC(N3CCN(C(=O)CNc4ccc5c(c4)C(=O)N(C4CCC(=O)NC4=O)C5=O)CC3)CC2)ccc1Nc1ncc(Cl)c(Nc2ccccc2P(C)(C)=O)n1. The van der Waals surface area contributed by atoms with Gasteiger partial charge in [-0.25, -0.2) is 4.98 Å². The first-order valence-electron chi connectivity index (χ1n) is 20.5. The molecule has 5 amide bonds. The predicted molar refractivity (Wildman–Crippen MR) is 237 cm³/mol. The Morgan fingerprint density at radius 1 is 0.887 bits per heavy atom. The molecule has 0 bridgehead atoms. The van der Waals surface area contributed by atoms with E-state index in [-0.39, 0.29) is 36.4 Å². The number of anilines is 6. The quantitative estimate of drug-likeness (QED) is 0.115. The van der Waals surface area contributed by atoms with E-state index < -0.39 is 36.8 Å². The van der Waals surface area contributed by atoms with Crippen LogP contribution in [0.2, 0.25) is 5.02 Å². The zero-order chi connectivity index (χ0) is 43.7. The number of nitrogens with zero attached hydrogens (tertiary/aromatic N) is 6. The van der Waals surface area contributed by atoms with Crippen molar-refractivity contribution in [2.45, 2.75) is 37.8 Å². The predicted octanol–water partition coefficient (Wildman–Crippen LogP) is 4.50. The largest absolute Gasteiger partial charge is 0.494 e. The van der Waals surface area contributed by atoms with Gasteiger partial charge in [-0.05, 0) is 75.1 Å². The maximum atomic E-state index is 13.2. The third-order valence-electron chi connectivity index (χ3n) is 11.8. The zero-order valence-electron chi connectivity index (χ0n) is 34.6. The van der Waals surface area contributed by atoms with Crippen molar-refractivity contribution in [3.63, 3.8) is 0 Å². The smallest absolute Gasteiger partial charge is 0.262 e. The Morgan fingerprint density at radius 2 is 1.63 bits per heavy atom.